The van der Waals surface area contributed by atoms with Gasteiger partial charge in [-0.1, -0.05) is 6.07 Å². The smallest absolute Gasteiger partial charge is 0.264 e. The van der Waals surface area contributed by atoms with Gasteiger partial charge in [0.25, 0.3) is 5.56 Å². The molecule has 0 atom stereocenters. The van der Waals surface area contributed by atoms with Crippen molar-refractivity contribution in [1.82, 2.24) is 19.4 Å². The average Bonchev–Trinajstić information content (AvgIpc) is 2.81. The first-order valence-corrected chi connectivity index (χ1v) is 13.5. The van der Waals surface area contributed by atoms with Gasteiger partial charge in [-0.2, -0.15) is 0 Å². The maximum Gasteiger partial charge on any atom is 0.264 e. The number of fused-ring (bicyclic) bond motifs is 1. The number of morpholine rings is 1. The van der Waals surface area contributed by atoms with Gasteiger partial charge in [0, 0.05) is 51.1 Å². The molecule has 35 heavy (non-hydrogen) atoms. The Labute approximate surface area is 205 Å². The summed E-state index contributed by atoms with van der Waals surface area (Å²) in [6.07, 6.45) is 2.69. The molecule has 1 fully saturated rings. The van der Waals surface area contributed by atoms with Crippen molar-refractivity contribution >= 4 is 32.2 Å². The van der Waals surface area contributed by atoms with Crippen molar-refractivity contribution in [3.8, 4) is 11.3 Å². The Bertz CT molecular complexity index is 1380. The summed E-state index contributed by atoms with van der Waals surface area (Å²) >= 11 is 0. The van der Waals surface area contributed by atoms with Gasteiger partial charge in [0.1, 0.15) is 11.2 Å². The topological polar surface area (TPSA) is 118 Å². The monoisotopic (exact) mass is 500 g/mol. The second-order valence-corrected chi connectivity index (χ2v) is 11.1. The fourth-order valence-electron chi connectivity index (χ4n) is 4.07. The van der Waals surface area contributed by atoms with Gasteiger partial charge >= 0.3 is 0 Å². The second kappa shape index (κ2) is 10.3. The van der Waals surface area contributed by atoms with Gasteiger partial charge in [-0.05, 0) is 32.0 Å². The number of aromatic nitrogens is 3. The van der Waals surface area contributed by atoms with E-state index in [1.54, 1.807) is 31.3 Å². The lowest BCUT2D eigenvalue weighted by Crippen LogP contribution is -2.39. The maximum absolute atomic E-state index is 12.8. The molecule has 2 N–H and O–H groups in total. The summed E-state index contributed by atoms with van der Waals surface area (Å²) in [7, 11) is -1.79. The SMILES string of the molecule is CC(C)Nc1nc(-c2ccc(S(C)(=O)=O)c(NCCN3CCOCC3)c2)cc2ncn(C)c(=O)c12. The molecule has 0 aliphatic carbocycles. The highest BCUT2D eigenvalue weighted by atomic mass is 32.2. The molecule has 1 aliphatic heterocycles. The minimum atomic E-state index is -3.44. The third kappa shape index (κ3) is 5.80. The minimum Gasteiger partial charge on any atom is -0.383 e. The van der Waals surface area contributed by atoms with Crippen LogP contribution in [0.25, 0.3) is 22.2 Å². The van der Waals surface area contributed by atoms with Gasteiger partial charge in [0.2, 0.25) is 0 Å². The fourth-order valence-corrected chi connectivity index (χ4v) is 4.92. The first-order valence-electron chi connectivity index (χ1n) is 11.6. The molecule has 0 unspecified atom stereocenters. The van der Waals surface area contributed by atoms with Crippen LogP contribution < -0.4 is 16.2 Å². The van der Waals surface area contributed by atoms with Crippen molar-refractivity contribution < 1.29 is 13.2 Å². The van der Waals surface area contributed by atoms with Crippen molar-refractivity contribution in [1.29, 1.82) is 0 Å². The molecule has 1 aliphatic rings. The van der Waals surface area contributed by atoms with Crippen LogP contribution in [0, 0.1) is 0 Å². The lowest BCUT2D eigenvalue weighted by atomic mass is 10.1. The molecule has 10 nitrogen and oxygen atoms in total. The Morgan fingerprint density at radius 2 is 1.91 bits per heavy atom. The van der Waals surface area contributed by atoms with Crippen molar-refractivity contribution in [3.63, 3.8) is 0 Å². The van der Waals surface area contributed by atoms with E-state index in [-0.39, 0.29) is 16.5 Å². The van der Waals surface area contributed by atoms with Gasteiger partial charge in [0.05, 0.1) is 41.3 Å². The number of aryl methyl sites for hydroxylation is 1. The van der Waals surface area contributed by atoms with Crippen LogP contribution in [-0.4, -0.2) is 79.5 Å². The Kier molecular flexibility index (Phi) is 7.39. The van der Waals surface area contributed by atoms with E-state index in [2.05, 4.69) is 20.5 Å². The van der Waals surface area contributed by atoms with E-state index >= 15 is 0 Å². The third-order valence-corrected chi connectivity index (χ3v) is 7.01. The minimum absolute atomic E-state index is 0.0517. The van der Waals surface area contributed by atoms with Crippen molar-refractivity contribution in [3.05, 3.63) is 40.9 Å². The van der Waals surface area contributed by atoms with Crippen LogP contribution in [0.5, 0.6) is 0 Å². The highest BCUT2D eigenvalue weighted by Gasteiger charge is 2.18. The van der Waals surface area contributed by atoms with E-state index < -0.39 is 9.84 Å². The quantitative estimate of drug-likeness (QED) is 0.478. The predicted molar refractivity (Wildman–Crippen MR) is 138 cm³/mol. The van der Waals surface area contributed by atoms with Gasteiger partial charge in [-0.3, -0.25) is 9.69 Å². The number of hydrogen-bond acceptors (Lipinski definition) is 9. The summed E-state index contributed by atoms with van der Waals surface area (Å²) < 4.78 is 31.7. The van der Waals surface area contributed by atoms with Crippen LogP contribution in [0.15, 0.2) is 40.3 Å². The predicted octanol–water partition coefficient (Wildman–Crippen LogP) is 1.96. The van der Waals surface area contributed by atoms with Gasteiger partial charge in [-0.25, -0.2) is 18.4 Å². The summed E-state index contributed by atoms with van der Waals surface area (Å²) in [5.74, 6) is 0.454. The van der Waals surface area contributed by atoms with E-state index in [0.29, 0.717) is 47.9 Å². The summed E-state index contributed by atoms with van der Waals surface area (Å²) in [6.45, 7) is 8.45. The number of sulfone groups is 1. The number of benzene rings is 1. The number of pyridine rings is 1. The molecule has 11 heteroatoms. The van der Waals surface area contributed by atoms with E-state index in [4.69, 9.17) is 9.72 Å². The van der Waals surface area contributed by atoms with Crippen LogP contribution in [0.3, 0.4) is 0 Å². The van der Waals surface area contributed by atoms with E-state index in [9.17, 15) is 13.2 Å². The van der Waals surface area contributed by atoms with Gasteiger partial charge in [-0.15, -0.1) is 0 Å². The van der Waals surface area contributed by atoms with E-state index in [1.807, 2.05) is 13.8 Å². The first kappa shape index (κ1) is 25.1. The van der Waals surface area contributed by atoms with Crippen LogP contribution in [0.1, 0.15) is 13.8 Å². The lowest BCUT2D eigenvalue weighted by Gasteiger charge is -2.26. The standard InChI is InChI=1S/C24H32N6O4S/c1-16(2)27-23-22-20(26-15-29(3)24(22)31)14-18(28-23)17-5-6-21(35(4,32)33)19(13-17)25-7-8-30-9-11-34-12-10-30/h5-6,13-16,25H,7-12H2,1-4H3,(H,27,28). The van der Waals surface area contributed by atoms with Gasteiger partial charge < -0.3 is 19.9 Å². The average molecular weight is 501 g/mol. The van der Waals surface area contributed by atoms with Crippen molar-refractivity contribution in [2.24, 2.45) is 7.05 Å². The Balaban J connectivity index is 1.73. The molecule has 0 saturated carbocycles. The molecule has 1 aromatic carbocycles. The molecule has 3 aromatic rings. The zero-order chi connectivity index (χ0) is 25.2. The number of rotatable bonds is 8. The summed E-state index contributed by atoms with van der Waals surface area (Å²) in [6, 6.07) is 6.94. The number of nitrogens with zero attached hydrogens (tertiary/aromatic N) is 4. The molecule has 1 saturated heterocycles. The van der Waals surface area contributed by atoms with Crippen LogP contribution >= 0.6 is 0 Å². The molecule has 4 rings (SSSR count). The highest BCUT2D eigenvalue weighted by Crippen LogP contribution is 2.30. The molecule has 188 valence electrons. The van der Waals surface area contributed by atoms with Crippen LogP contribution in [0.4, 0.5) is 11.5 Å². The highest BCUT2D eigenvalue weighted by molar-refractivity contribution is 7.90. The zero-order valence-corrected chi connectivity index (χ0v) is 21.4. The molecule has 3 heterocycles. The Morgan fingerprint density at radius 1 is 1.17 bits per heavy atom. The molecule has 0 bridgehead atoms. The molecule has 0 spiro atoms. The lowest BCUT2D eigenvalue weighted by molar-refractivity contribution is 0.0398. The zero-order valence-electron chi connectivity index (χ0n) is 20.5. The van der Waals surface area contributed by atoms with E-state index in [1.165, 1.54) is 17.2 Å². The number of nitrogens with one attached hydrogen (secondary N) is 2. The van der Waals surface area contributed by atoms with Crippen molar-refractivity contribution in [2.75, 3.05) is 56.3 Å². The van der Waals surface area contributed by atoms with Crippen molar-refractivity contribution in [2.45, 2.75) is 24.8 Å². The first-order chi connectivity index (χ1) is 16.6. The third-order valence-electron chi connectivity index (χ3n) is 5.85. The fraction of sp³-hybridized carbons (Fsp3) is 0.458. The van der Waals surface area contributed by atoms with Gasteiger partial charge in [0.15, 0.2) is 9.84 Å². The maximum atomic E-state index is 12.8. The Hall–Kier alpha value is -3.02. The summed E-state index contributed by atoms with van der Waals surface area (Å²) in [5.41, 5.74) is 2.18. The number of anilines is 2. The summed E-state index contributed by atoms with van der Waals surface area (Å²) in [5, 5.41) is 6.98. The van der Waals surface area contributed by atoms with Crippen LogP contribution in [-0.2, 0) is 21.6 Å². The number of hydrogen-bond donors (Lipinski definition) is 2. The Morgan fingerprint density at radius 3 is 2.60 bits per heavy atom. The molecule has 0 radical (unpaired) electrons. The molecular formula is C24H32N6O4S. The van der Waals surface area contributed by atoms with Crippen LogP contribution in [0.2, 0.25) is 0 Å². The number of ether oxygens (including phenoxy) is 1. The van der Waals surface area contributed by atoms with E-state index in [0.717, 1.165) is 25.2 Å². The molecule has 2 aromatic heterocycles. The largest absolute Gasteiger partial charge is 0.383 e. The summed E-state index contributed by atoms with van der Waals surface area (Å²) in [4.78, 5) is 24.5. The molecular weight excluding hydrogens is 468 g/mol. The normalized spacial score (nSPS) is 15.0. The molecule has 0 amide bonds. The second-order valence-electron chi connectivity index (χ2n) is 9.07.